The molecule has 1 saturated heterocycles. The minimum absolute atomic E-state index is 0.159. The van der Waals surface area contributed by atoms with Gasteiger partial charge in [-0.2, -0.15) is 13.2 Å². The van der Waals surface area contributed by atoms with Gasteiger partial charge in [0.2, 0.25) is 0 Å². The number of para-hydroxylation sites is 2. The summed E-state index contributed by atoms with van der Waals surface area (Å²) in [5, 5.41) is 2.94. The van der Waals surface area contributed by atoms with Crippen LogP contribution in [0.1, 0.15) is 15.9 Å². The Hall–Kier alpha value is -2.58. The number of likely N-dealkylation sites (N-methyl/N-ethyl adjacent to an activating group) is 1. The lowest BCUT2D eigenvalue weighted by molar-refractivity contribution is -0.176. The molecule has 29 heavy (non-hydrogen) atoms. The van der Waals surface area contributed by atoms with Crippen LogP contribution in [0.15, 0.2) is 48.5 Å². The number of amides is 1. The van der Waals surface area contributed by atoms with Crippen molar-refractivity contribution in [2.24, 2.45) is 0 Å². The van der Waals surface area contributed by atoms with Gasteiger partial charge in [0.25, 0.3) is 5.91 Å². The zero-order valence-electron chi connectivity index (χ0n) is 16.2. The molecule has 0 atom stereocenters. The zero-order chi connectivity index (χ0) is 20.9. The van der Waals surface area contributed by atoms with Gasteiger partial charge in [0, 0.05) is 31.7 Å². The molecule has 1 aliphatic rings. The maximum atomic E-state index is 12.6. The maximum absolute atomic E-state index is 12.6. The van der Waals surface area contributed by atoms with E-state index in [1.165, 1.54) is 0 Å². The summed E-state index contributed by atoms with van der Waals surface area (Å²) in [6, 6.07) is 14.0. The van der Waals surface area contributed by atoms with Crippen LogP contribution in [-0.4, -0.2) is 56.8 Å². The highest BCUT2D eigenvalue weighted by atomic mass is 19.4. The van der Waals surface area contributed by atoms with Gasteiger partial charge < -0.3 is 19.9 Å². The highest BCUT2D eigenvalue weighted by Gasteiger charge is 2.27. The molecule has 1 aliphatic heterocycles. The molecule has 0 spiro atoms. The second kappa shape index (κ2) is 9.28. The van der Waals surface area contributed by atoms with E-state index in [0.717, 1.165) is 37.6 Å². The van der Waals surface area contributed by atoms with E-state index in [2.05, 4.69) is 26.9 Å². The molecular weight excluding hydrogens is 383 g/mol. The van der Waals surface area contributed by atoms with E-state index in [9.17, 15) is 18.0 Å². The van der Waals surface area contributed by atoms with Crippen LogP contribution in [0.2, 0.25) is 0 Å². The van der Waals surface area contributed by atoms with Gasteiger partial charge in [-0.15, -0.1) is 0 Å². The third-order valence-corrected chi connectivity index (χ3v) is 4.75. The number of carbonyl (C=O) groups excluding carboxylic acids is 1. The van der Waals surface area contributed by atoms with Gasteiger partial charge in [0.1, 0.15) is 6.61 Å². The highest BCUT2D eigenvalue weighted by Crippen LogP contribution is 2.27. The van der Waals surface area contributed by atoms with E-state index in [4.69, 9.17) is 0 Å². The van der Waals surface area contributed by atoms with Gasteiger partial charge in [0.05, 0.1) is 18.0 Å². The number of carbonyl (C=O) groups is 1. The summed E-state index contributed by atoms with van der Waals surface area (Å²) < 4.78 is 41.0. The van der Waals surface area contributed by atoms with Crippen molar-refractivity contribution >= 4 is 17.3 Å². The van der Waals surface area contributed by atoms with Crippen molar-refractivity contribution in [2.45, 2.75) is 12.8 Å². The number of alkyl halides is 3. The number of nitrogens with zero attached hydrogens (tertiary/aromatic N) is 2. The van der Waals surface area contributed by atoms with Gasteiger partial charge in [-0.1, -0.05) is 24.3 Å². The fourth-order valence-corrected chi connectivity index (χ4v) is 3.13. The van der Waals surface area contributed by atoms with Gasteiger partial charge in [0.15, 0.2) is 0 Å². The quantitative estimate of drug-likeness (QED) is 0.792. The molecule has 0 bridgehead atoms. The number of benzene rings is 2. The van der Waals surface area contributed by atoms with Crippen LogP contribution >= 0.6 is 0 Å². The first-order chi connectivity index (χ1) is 13.8. The normalized spacial score (nSPS) is 15.4. The Labute approximate surface area is 168 Å². The molecule has 1 N–H and O–H groups in total. The summed E-state index contributed by atoms with van der Waals surface area (Å²) in [6.07, 6.45) is -4.35. The third kappa shape index (κ3) is 6.20. The van der Waals surface area contributed by atoms with Crippen molar-refractivity contribution in [3.8, 4) is 0 Å². The van der Waals surface area contributed by atoms with Crippen LogP contribution in [0.4, 0.5) is 24.5 Å². The van der Waals surface area contributed by atoms with Crippen LogP contribution < -0.4 is 10.2 Å². The number of nitrogens with one attached hydrogen (secondary N) is 1. The SMILES string of the molecule is CN1CCN(c2ccccc2NC(=O)c2ccc(COCC(F)(F)F)cc2)CC1. The van der Waals surface area contributed by atoms with E-state index in [1.54, 1.807) is 24.3 Å². The molecule has 5 nitrogen and oxygen atoms in total. The Kier molecular flexibility index (Phi) is 6.76. The molecule has 0 saturated carbocycles. The topological polar surface area (TPSA) is 44.8 Å². The number of rotatable bonds is 6. The monoisotopic (exact) mass is 407 g/mol. The van der Waals surface area contributed by atoms with Crippen molar-refractivity contribution in [1.82, 2.24) is 4.90 Å². The molecule has 2 aromatic carbocycles. The fourth-order valence-electron chi connectivity index (χ4n) is 3.13. The molecule has 0 unspecified atom stereocenters. The zero-order valence-corrected chi connectivity index (χ0v) is 16.2. The van der Waals surface area contributed by atoms with Gasteiger partial charge in [-0.25, -0.2) is 0 Å². The first kappa shape index (κ1) is 21.1. The lowest BCUT2D eigenvalue weighted by atomic mass is 10.1. The van der Waals surface area contributed by atoms with Crippen molar-refractivity contribution in [3.63, 3.8) is 0 Å². The lowest BCUT2D eigenvalue weighted by Crippen LogP contribution is -2.44. The van der Waals surface area contributed by atoms with Crippen molar-refractivity contribution in [3.05, 3.63) is 59.7 Å². The minimum Gasteiger partial charge on any atom is -0.367 e. The van der Waals surface area contributed by atoms with Crippen LogP contribution in [0, 0.1) is 0 Å². The molecule has 3 rings (SSSR count). The number of hydrogen-bond donors (Lipinski definition) is 1. The molecule has 2 aromatic rings. The first-order valence-electron chi connectivity index (χ1n) is 9.39. The van der Waals surface area contributed by atoms with Gasteiger partial charge in [-0.05, 0) is 36.9 Å². The number of piperazine rings is 1. The van der Waals surface area contributed by atoms with Crippen molar-refractivity contribution < 1.29 is 22.7 Å². The largest absolute Gasteiger partial charge is 0.411 e. The summed E-state index contributed by atoms with van der Waals surface area (Å²) in [4.78, 5) is 17.1. The Morgan fingerprint density at radius 1 is 1.03 bits per heavy atom. The van der Waals surface area contributed by atoms with E-state index in [-0.39, 0.29) is 12.5 Å². The second-order valence-corrected chi connectivity index (χ2v) is 7.07. The smallest absolute Gasteiger partial charge is 0.367 e. The number of hydrogen-bond acceptors (Lipinski definition) is 4. The molecule has 0 aliphatic carbocycles. The molecule has 156 valence electrons. The molecule has 0 aromatic heterocycles. The highest BCUT2D eigenvalue weighted by molar-refractivity contribution is 6.06. The lowest BCUT2D eigenvalue weighted by Gasteiger charge is -2.35. The van der Waals surface area contributed by atoms with Crippen molar-refractivity contribution in [1.29, 1.82) is 0 Å². The first-order valence-corrected chi connectivity index (χ1v) is 9.39. The standard InChI is InChI=1S/C21H24F3N3O2/c1-26-10-12-27(13-11-26)19-5-3-2-4-18(19)25-20(28)17-8-6-16(7-9-17)14-29-15-21(22,23)24/h2-9H,10-15H2,1H3,(H,25,28). The minimum atomic E-state index is -4.35. The second-order valence-electron chi connectivity index (χ2n) is 7.07. The predicted molar refractivity (Wildman–Crippen MR) is 106 cm³/mol. The number of ether oxygens (including phenoxy) is 1. The summed E-state index contributed by atoms with van der Waals surface area (Å²) in [7, 11) is 2.09. The summed E-state index contributed by atoms with van der Waals surface area (Å²) in [5.41, 5.74) is 2.71. The van der Waals surface area contributed by atoms with Gasteiger partial charge >= 0.3 is 6.18 Å². The summed E-state index contributed by atoms with van der Waals surface area (Å²) in [5.74, 6) is -0.269. The molecule has 0 radical (unpaired) electrons. The predicted octanol–water partition coefficient (Wildman–Crippen LogP) is 3.77. The Morgan fingerprint density at radius 3 is 2.34 bits per heavy atom. The van der Waals surface area contributed by atoms with Crippen LogP contribution in [0.3, 0.4) is 0 Å². The van der Waals surface area contributed by atoms with E-state index >= 15 is 0 Å². The Bertz CT molecular complexity index is 817. The van der Waals surface area contributed by atoms with Gasteiger partial charge in [-0.3, -0.25) is 4.79 Å². The molecule has 8 heteroatoms. The number of halogens is 3. The fraction of sp³-hybridized carbons (Fsp3) is 0.381. The van der Waals surface area contributed by atoms with E-state index < -0.39 is 12.8 Å². The van der Waals surface area contributed by atoms with E-state index in [1.807, 2.05) is 24.3 Å². The van der Waals surface area contributed by atoms with Crippen LogP contribution in [0.5, 0.6) is 0 Å². The number of anilines is 2. The average molecular weight is 407 g/mol. The third-order valence-electron chi connectivity index (χ3n) is 4.75. The van der Waals surface area contributed by atoms with Crippen molar-refractivity contribution in [2.75, 3.05) is 50.1 Å². The van der Waals surface area contributed by atoms with Crippen LogP contribution in [-0.2, 0) is 11.3 Å². The summed E-state index contributed by atoms with van der Waals surface area (Å²) >= 11 is 0. The molecule has 1 heterocycles. The Morgan fingerprint density at radius 2 is 1.69 bits per heavy atom. The summed E-state index contributed by atoms with van der Waals surface area (Å²) in [6.45, 7) is 2.23. The molecule has 1 fully saturated rings. The van der Waals surface area contributed by atoms with E-state index in [0.29, 0.717) is 11.1 Å². The van der Waals surface area contributed by atoms with Crippen LogP contribution in [0.25, 0.3) is 0 Å². The molecular formula is C21H24F3N3O2. The Balaban J connectivity index is 1.62. The maximum Gasteiger partial charge on any atom is 0.411 e. The average Bonchev–Trinajstić information content (AvgIpc) is 2.69. The molecule has 1 amide bonds.